The standard InChI is InChI=1S/C14H17Cl2NO3/c1-7-3-10(4-8(2)19-7)20-14(18)11-5-9(17)6-12(15)13(11)16/h5-8,10H,3-4,17H2,1-2H3. The maximum absolute atomic E-state index is 12.2. The number of nitrogens with two attached hydrogens (primary N) is 1. The third-order valence-corrected chi connectivity index (χ3v) is 4.00. The van der Waals surface area contributed by atoms with Gasteiger partial charge in [0.15, 0.2) is 0 Å². The lowest BCUT2D eigenvalue weighted by molar-refractivity contribution is -0.0855. The van der Waals surface area contributed by atoms with E-state index in [0.29, 0.717) is 18.5 Å². The van der Waals surface area contributed by atoms with Crippen LogP contribution in [0.1, 0.15) is 37.0 Å². The fourth-order valence-corrected chi connectivity index (χ4v) is 2.83. The summed E-state index contributed by atoms with van der Waals surface area (Å²) < 4.78 is 11.1. The van der Waals surface area contributed by atoms with Gasteiger partial charge in [-0.3, -0.25) is 0 Å². The van der Waals surface area contributed by atoms with Gasteiger partial charge >= 0.3 is 5.97 Å². The van der Waals surface area contributed by atoms with Crippen LogP contribution >= 0.6 is 23.2 Å². The molecule has 2 unspecified atom stereocenters. The molecule has 0 saturated carbocycles. The van der Waals surface area contributed by atoms with Crippen molar-refractivity contribution in [1.82, 2.24) is 0 Å². The van der Waals surface area contributed by atoms with Crippen LogP contribution < -0.4 is 5.73 Å². The monoisotopic (exact) mass is 317 g/mol. The third kappa shape index (κ3) is 3.57. The van der Waals surface area contributed by atoms with Crippen molar-refractivity contribution >= 4 is 34.9 Å². The van der Waals surface area contributed by atoms with Crippen LogP contribution in [-0.2, 0) is 9.47 Å². The number of hydrogen-bond donors (Lipinski definition) is 1. The van der Waals surface area contributed by atoms with Crippen molar-refractivity contribution in [3.8, 4) is 0 Å². The quantitative estimate of drug-likeness (QED) is 0.667. The van der Waals surface area contributed by atoms with Crippen molar-refractivity contribution in [2.75, 3.05) is 5.73 Å². The first-order chi connectivity index (χ1) is 9.36. The number of carbonyl (C=O) groups excluding carboxylic acids is 1. The summed E-state index contributed by atoms with van der Waals surface area (Å²) >= 11 is 11.9. The lowest BCUT2D eigenvalue weighted by Gasteiger charge is -2.31. The van der Waals surface area contributed by atoms with Crippen LogP contribution in [0.2, 0.25) is 10.0 Å². The van der Waals surface area contributed by atoms with Crippen molar-refractivity contribution in [2.45, 2.75) is 45.0 Å². The van der Waals surface area contributed by atoms with Crippen LogP contribution in [0.3, 0.4) is 0 Å². The minimum absolute atomic E-state index is 0.0662. The zero-order chi connectivity index (χ0) is 14.9. The number of rotatable bonds is 2. The third-order valence-electron chi connectivity index (χ3n) is 3.20. The normalized spacial score (nSPS) is 26.3. The van der Waals surface area contributed by atoms with E-state index in [1.807, 2.05) is 13.8 Å². The Morgan fingerprint density at radius 3 is 2.50 bits per heavy atom. The molecule has 0 spiro atoms. The molecule has 1 aromatic carbocycles. The number of nitrogen functional groups attached to an aromatic ring is 1. The van der Waals surface area contributed by atoms with Crippen LogP contribution in [0.15, 0.2) is 12.1 Å². The van der Waals surface area contributed by atoms with Crippen LogP contribution in [0.5, 0.6) is 0 Å². The molecule has 0 bridgehead atoms. The molecule has 4 nitrogen and oxygen atoms in total. The highest BCUT2D eigenvalue weighted by Crippen LogP contribution is 2.30. The van der Waals surface area contributed by atoms with Crippen molar-refractivity contribution in [2.24, 2.45) is 0 Å². The molecule has 2 rings (SSSR count). The highest BCUT2D eigenvalue weighted by molar-refractivity contribution is 6.44. The first-order valence-corrected chi connectivity index (χ1v) is 7.23. The van der Waals surface area contributed by atoms with Crippen LogP contribution in [0.4, 0.5) is 5.69 Å². The van der Waals surface area contributed by atoms with Gasteiger partial charge in [0.05, 0.1) is 27.8 Å². The summed E-state index contributed by atoms with van der Waals surface area (Å²) in [4.78, 5) is 12.2. The fraction of sp³-hybridized carbons (Fsp3) is 0.500. The Labute approximate surface area is 128 Å². The average Bonchev–Trinajstić information content (AvgIpc) is 2.32. The predicted molar refractivity (Wildman–Crippen MR) is 79.3 cm³/mol. The van der Waals surface area contributed by atoms with Crippen molar-refractivity contribution in [1.29, 1.82) is 0 Å². The summed E-state index contributed by atoms with van der Waals surface area (Å²) in [7, 11) is 0. The van der Waals surface area contributed by atoms with E-state index >= 15 is 0 Å². The van der Waals surface area contributed by atoms with E-state index in [4.69, 9.17) is 38.4 Å². The van der Waals surface area contributed by atoms with E-state index in [0.717, 1.165) is 0 Å². The van der Waals surface area contributed by atoms with Crippen LogP contribution in [0.25, 0.3) is 0 Å². The van der Waals surface area contributed by atoms with Gasteiger partial charge in [-0.05, 0) is 26.0 Å². The Bertz CT molecular complexity index is 511. The second kappa shape index (κ2) is 6.20. The Kier molecular flexibility index (Phi) is 4.78. The van der Waals surface area contributed by atoms with E-state index in [9.17, 15) is 4.79 Å². The fourth-order valence-electron chi connectivity index (χ4n) is 2.41. The first kappa shape index (κ1) is 15.4. The van der Waals surface area contributed by atoms with E-state index in [-0.39, 0.29) is 33.9 Å². The molecule has 0 aliphatic carbocycles. The molecule has 0 aromatic heterocycles. The smallest absolute Gasteiger partial charge is 0.340 e. The molecule has 1 heterocycles. The molecule has 1 aromatic rings. The number of carbonyl (C=O) groups is 1. The molecule has 2 atom stereocenters. The number of anilines is 1. The van der Waals surface area contributed by atoms with Gasteiger partial charge in [-0.15, -0.1) is 0 Å². The Morgan fingerprint density at radius 2 is 1.90 bits per heavy atom. The minimum atomic E-state index is -0.504. The minimum Gasteiger partial charge on any atom is -0.459 e. The summed E-state index contributed by atoms with van der Waals surface area (Å²) in [6, 6.07) is 2.97. The molecule has 1 aliphatic heterocycles. The molecule has 6 heteroatoms. The van der Waals surface area contributed by atoms with Gasteiger partial charge in [0.1, 0.15) is 6.10 Å². The highest BCUT2D eigenvalue weighted by Gasteiger charge is 2.28. The Balaban J connectivity index is 2.12. The summed E-state index contributed by atoms with van der Waals surface area (Å²) in [5.74, 6) is -0.504. The molecule has 1 fully saturated rings. The van der Waals surface area contributed by atoms with Gasteiger partial charge in [0.2, 0.25) is 0 Å². The summed E-state index contributed by atoms with van der Waals surface area (Å²) in [5.41, 5.74) is 6.25. The van der Waals surface area contributed by atoms with Crippen molar-refractivity contribution in [3.63, 3.8) is 0 Å². The van der Waals surface area contributed by atoms with E-state index in [2.05, 4.69) is 0 Å². The number of benzene rings is 1. The number of halogens is 2. The van der Waals surface area contributed by atoms with Crippen molar-refractivity contribution in [3.05, 3.63) is 27.7 Å². The second-order valence-corrected chi connectivity index (χ2v) is 5.91. The molecule has 1 saturated heterocycles. The molecule has 20 heavy (non-hydrogen) atoms. The van der Waals surface area contributed by atoms with Gasteiger partial charge in [0.25, 0.3) is 0 Å². The SMILES string of the molecule is CC1CC(OC(=O)c2cc(N)cc(Cl)c2Cl)CC(C)O1. The first-order valence-electron chi connectivity index (χ1n) is 6.47. The van der Waals surface area contributed by atoms with Crippen LogP contribution in [0, 0.1) is 0 Å². The van der Waals surface area contributed by atoms with Gasteiger partial charge < -0.3 is 15.2 Å². The molecule has 110 valence electrons. The lowest BCUT2D eigenvalue weighted by atomic mass is 10.0. The number of hydrogen-bond acceptors (Lipinski definition) is 4. The maximum atomic E-state index is 12.2. The number of ether oxygens (including phenoxy) is 2. The van der Waals surface area contributed by atoms with Crippen molar-refractivity contribution < 1.29 is 14.3 Å². The molecule has 1 aliphatic rings. The lowest BCUT2D eigenvalue weighted by Crippen LogP contribution is -2.35. The van der Waals surface area contributed by atoms with Gasteiger partial charge in [-0.2, -0.15) is 0 Å². The maximum Gasteiger partial charge on any atom is 0.340 e. The largest absolute Gasteiger partial charge is 0.459 e. The Hall–Kier alpha value is -0.970. The topological polar surface area (TPSA) is 61.5 Å². The molecule has 0 radical (unpaired) electrons. The zero-order valence-electron chi connectivity index (χ0n) is 11.4. The van der Waals surface area contributed by atoms with E-state index in [1.165, 1.54) is 12.1 Å². The van der Waals surface area contributed by atoms with Crippen LogP contribution in [-0.4, -0.2) is 24.3 Å². The second-order valence-electron chi connectivity index (χ2n) is 5.12. The molecule has 2 N–H and O–H groups in total. The van der Waals surface area contributed by atoms with E-state index < -0.39 is 5.97 Å². The van der Waals surface area contributed by atoms with Gasteiger partial charge in [-0.25, -0.2) is 4.79 Å². The molecular weight excluding hydrogens is 301 g/mol. The predicted octanol–water partition coefficient (Wildman–Crippen LogP) is 3.69. The zero-order valence-corrected chi connectivity index (χ0v) is 12.9. The molecular formula is C14H17Cl2NO3. The average molecular weight is 318 g/mol. The highest BCUT2D eigenvalue weighted by atomic mass is 35.5. The summed E-state index contributed by atoms with van der Waals surface area (Å²) in [6.45, 7) is 3.92. The van der Waals surface area contributed by atoms with Gasteiger partial charge in [-0.1, -0.05) is 23.2 Å². The van der Waals surface area contributed by atoms with E-state index in [1.54, 1.807) is 0 Å². The summed E-state index contributed by atoms with van der Waals surface area (Å²) in [6.07, 6.45) is 1.29. The summed E-state index contributed by atoms with van der Waals surface area (Å²) in [5, 5.41) is 0.409. The van der Waals surface area contributed by atoms with Gasteiger partial charge in [0, 0.05) is 18.5 Å². The Morgan fingerprint density at radius 1 is 1.30 bits per heavy atom. The number of esters is 1. The molecule has 0 amide bonds.